The number of hydrogen-bond acceptors (Lipinski definition) is 1. The summed E-state index contributed by atoms with van der Waals surface area (Å²) in [5.41, 5.74) is 3.54. The Morgan fingerprint density at radius 2 is 1.71 bits per heavy atom. The molecular formula is C18H16N2O. The molecular weight excluding hydrogens is 260 g/mol. The van der Waals surface area contributed by atoms with E-state index in [1.807, 2.05) is 84.5 Å². The molecule has 1 amide bonds. The van der Waals surface area contributed by atoms with Gasteiger partial charge in [-0.15, -0.1) is 0 Å². The van der Waals surface area contributed by atoms with Crippen molar-refractivity contribution < 1.29 is 4.79 Å². The van der Waals surface area contributed by atoms with Gasteiger partial charge in [0.25, 0.3) is 5.91 Å². The van der Waals surface area contributed by atoms with E-state index in [2.05, 4.69) is 5.32 Å². The van der Waals surface area contributed by atoms with Crippen LogP contribution in [0.5, 0.6) is 0 Å². The summed E-state index contributed by atoms with van der Waals surface area (Å²) < 4.78 is 2.00. The Balaban J connectivity index is 1.82. The number of anilines is 1. The van der Waals surface area contributed by atoms with Crippen LogP contribution in [-0.4, -0.2) is 10.5 Å². The zero-order valence-electron chi connectivity index (χ0n) is 11.8. The van der Waals surface area contributed by atoms with Gasteiger partial charge in [-0.05, 0) is 49.4 Å². The van der Waals surface area contributed by atoms with Crippen LogP contribution in [0.4, 0.5) is 5.69 Å². The van der Waals surface area contributed by atoms with E-state index in [0.717, 1.165) is 16.9 Å². The number of aryl methyl sites for hydroxylation is 1. The normalized spacial score (nSPS) is 10.3. The number of hydrogen-bond donors (Lipinski definition) is 1. The fourth-order valence-electron chi connectivity index (χ4n) is 2.24. The molecule has 104 valence electrons. The van der Waals surface area contributed by atoms with E-state index >= 15 is 0 Å². The third-order valence-corrected chi connectivity index (χ3v) is 3.29. The summed E-state index contributed by atoms with van der Waals surface area (Å²) in [6.45, 7) is 1.98. The average molecular weight is 276 g/mol. The van der Waals surface area contributed by atoms with Crippen molar-refractivity contribution in [3.05, 3.63) is 84.2 Å². The molecule has 0 bridgehead atoms. The van der Waals surface area contributed by atoms with Gasteiger partial charge in [0, 0.05) is 29.3 Å². The van der Waals surface area contributed by atoms with Crippen LogP contribution in [-0.2, 0) is 0 Å². The van der Waals surface area contributed by atoms with Crippen LogP contribution in [0.1, 0.15) is 15.9 Å². The molecule has 0 saturated heterocycles. The number of carbonyl (C=O) groups excluding carboxylic acids is 1. The van der Waals surface area contributed by atoms with Crippen LogP contribution in [0.3, 0.4) is 0 Å². The molecule has 2 aromatic carbocycles. The Bertz CT molecular complexity index is 760. The molecule has 1 aromatic heterocycles. The number of amides is 1. The standard InChI is InChI=1S/C18H16N2O/c1-14-6-4-7-15(12-14)18(21)19-16-8-5-9-17(13-16)20-10-2-3-11-20/h2-13H,1H3,(H,19,21). The highest BCUT2D eigenvalue weighted by Gasteiger charge is 2.06. The summed E-state index contributed by atoms with van der Waals surface area (Å²) in [4.78, 5) is 12.2. The molecule has 3 rings (SSSR count). The van der Waals surface area contributed by atoms with Gasteiger partial charge < -0.3 is 9.88 Å². The molecule has 0 aliphatic rings. The lowest BCUT2D eigenvalue weighted by molar-refractivity contribution is 0.102. The van der Waals surface area contributed by atoms with E-state index in [4.69, 9.17) is 0 Å². The van der Waals surface area contributed by atoms with Crippen molar-refractivity contribution in [1.29, 1.82) is 0 Å². The maximum absolute atomic E-state index is 12.2. The number of nitrogens with zero attached hydrogens (tertiary/aromatic N) is 1. The molecule has 0 aliphatic carbocycles. The van der Waals surface area contributed by atoms with Gasteiger partial charge in [-0.2, -0.15) is 0 Å². The van der Waals surface area contributed by atoms with Gasteiger partial charge in [-0.3, -0.25) is 4.79 Å². The zero-order chi connectivity index (χ0) is 14.7. The summed E-state index contributed by atoms with van der Waals surface area (Å²) in [6, 6.07) is 19.3. The van der Waals surface area contributed by atoms with Gasteiger partial charge >= 0.3 is 0 Å². The first-order chi connectivity index (χ1) is 10.2. The van der Waals surface area contributed by atoms with Crippen molar-refractivity contribution in [3.63, 3.8) is 0 Å². The number of nitrogens with one attached hydrogen (secondary N) is 1. The van der Waals surface area contributed by atoms with Gasteiger partial charge in [0.2, 0.25) is 0 Å². The monoisotopic (exact) mass is 276 g/mol. The smallest absolute Gasteiger partial charge is 0.255 e. The van der Waals surface area contributed by atoms with E-state index in [0.29, 0.717) is 5.56 Å². The number of benzene rings is 2. The second-order valence-corrected chi connectivity index (χ2v) is 4.96. The number of carbonyl (C=O) groups is 1. The fraction of sp³-hybridized carbons (Fsp3) is 0.0556. The quantitative estimate of drug-likeness (QED) is 0.769. The summed E-state index contributed by atoms with van der Waals surface area (Å²) in [5, 5.41) is 2.94. The molecule has 0 fully saturated rings. The number of aromatic nitrogens is 1. The van der Waals surface area contributed by atoms with Crippen LogP contribution in [0.25, 0.3) is 5.69 Å². The van der Waals surface area contributed by atoms with Crippen LogP contribution >= 0.6 is 0 Å². The maximum atomic E-state index is 12.2. The van der Waals surface area contributed by atoms with E-state index in [9.17, 15) is 4.79 Å². The van der Waals surface area contributed by atoms with Gasteiger partial charge in [0.05, 0.1) is 0 Å². The van der Waals surface area contributed by atoms with Gasteiger partial charge in [0.15, 0.2) is 0 Å². The molecule has 3 nitrogen and oxygen atoms in total. The average Bonchev–Trinajstić information content (AvgIpc) is 3.02. The fourth-order valence-corrected chi connectivity index (χ4v) is 2.24. The minimum atomic E-state index is -0.0941. The van der Waals surface area contributed by atoms with E-state index in [1.54, 1.807) is 0 Å². The highest BCUT2D eigenvalue weighted by Crippen LogP contribution is 2.16. The zero-order valence-corrected chi connectivity index (χ0v) is 11.8. The molecule has 1 heterocycles. The van der Waals surface area contributed by atoms with E-state index in [-0.39, 0.29) is 5.91 Å². The Kier molecular flexibility index (Phi) is 3.56. The van der Waals surface area contributed by atoms with Crippen molar-refractivity contribution in [2.75, 3.05) is 5.32 Å². The minimum Gasteiger partial charge on any atom is -0.324 e. The summed E-state index contributed by atoms with van der Waals surface area (Å²) in [6.07, 6.45) is 3.95. The molecule has 21 heavy (non-hydrogen) atoms. The van der Waals surface area contributed by atoms with Crippen LogP contribution in [0.15, 0.2) is 73.1 Å². The van der Waals surface area contributed by atoms with E-state index < -0.39 is 0 Å². The molecule has 0 unspecified atom stereocenters. The second kappa shape index (κ2) is 5.67. The van der Waals surface area contributed by atoms with Crippen molar-refractivity contribution in [2.45, 2.75) is 6.92 Å². The third kappa shape index (κ3) is 3.03. The van der Waals surface area contributed by atoms with Crippen LogP contribution < -0.4 is 5.32 Å². The first-order valence-corrected chi connectivity index (χ1v) is 6.84. The first-order valence-electron chi connectivity index (χ1n) is 6.84. The lowest BCUT2D eigenvalue weighted by atomic mass is 10.1. The highest BCUT2D eigenvalue weighted by molar-refractivity contribution is 6.04. The maximum Gasteiger partial charge on any atom is 0.255 e. The van der Waals surface area contributed by atoms with Crippen molar-refractivity contribution in [1.82, 2.24) is 4.57 Å². The third-order valence-electron chi connectivity index (χ3n) is 3.29. The molecule has 0 aliphatic heterocycles. The second-order valence-electron chi connectivity index (χ2n) is 4.96. The molecule has 1 N–H and O–H groups in total. The summed E-state index contributed by atoms with van der Waals surface area (Å²) in [5.74, 6) is -0.0941. The highest BCUT2D eigenvalue weighted by atomic mass is 16.1. The van der Waals surface area contributed by atoms with Gasteiger partial charge in [-0.25, -0.2) is 0 Å². The molecule has 0 atom stereocenters. The summed E-state index contributed by atoms with van der Waals surface area (Å²) >= 11 is 0. The Hall–Kier alpha value is -2.81. The molecule has 0 spiro atoms. The van der Waals surface area contributed by atoms with Crippen LogP contribution in [0.2, 0.25) is 0 Å². The minimum absolute atomic E-state index is 0.0941. The Morgan fingerprint density at radius 1 is 0.952 bits per heavy atom. The Morgan fingerprint density at radius 3 is 2.48 bits per heavy atom. The van der Waals surface area contributed by atoms with Crippen molar-refractivity contribution >= 4 is 11.6 Å². The van der Waals surface area contributed by atoms with E-state index in [1.165, 1.54) is 0 Å². The molecule has 0 saturated carbocycles. The number of rotatable bonds is 3. The predicted octanol–water partition coefficient (Wildman–Crippen LogP) is 4.04. The van der Waals surface area contributed by atoms with Crippen LogP contribution in [0, 0.1) is 6.92 Å². The largest absolute Gasteiger partial charge is 0.324 e. The topological polar surface area (TPSA) is 34.0 Å². The van der Waals surface area contributed by atoms with Crippen molar-refractivity contribution in [3.8, 4) is 5.69 Å². The van der Waals surface area contributed by atoms with Gasteiger partial charge in [-0.1, -0.05) is 23.8 Å². The SMILES string of the molecule is Cc1cccc(C(=O)Nc2cccc(-n3cccc3)c2)c1. The molecule has 3 heteroatoms. The molecule has 3 aromatic rings. The lowest BCUT2D eigenvalue weighted by Crippen LogP contribution is -2.12. The lowest BCUT2D eigenvalue weighted by Gasteiger charge is -2.08. The summed E-state index contributed by atoms with van der Waals surface area (Å²) in [7, 11) is 0. The Labute approximate surface area is 123 Å². The predicted molar refractivity (Wildman–Crippen MR) is 84.9 cm³/mol. The van der Waals surface area contributed by atoms with Gasteiger partial charge in [0.1, 0.15) is 0 Å². The first kappa shape index (κ1) is 13.2. The molecule has 0 radical (unpaired) electrons. The van der Waals surface area contributed by atoms with Crippen molar-refractivity contribution in [2.24, 2.45) is 0 Å².